The third-order valence-corrected chi connectivity index (χ3v) is 4.32. The average Bonchev–Trinajstić information content (AvgIpc) is 2.72. The summed E-state index contributed by atoms with van der Waals surface area (Å²) in [5.41, 5.74) is -0.481. The molecule has 1 heterocycles. The highest BCUT2D eigenvalue weighted by Crippen LogP contribution is 2.34. The van der Waals surface area contributed by atoms with Crippen LogP contribution in [0.3, 0.4) is 0 Å². The van der Waals surface area contributed by atoms with Crippen LogP contribution in [0.25, 0.3) is 0 Å². The van der Waals surface area contributed by atoms with Crippen LogP contribution < -0.4 is 5.32 Å². The van der Waals surface area contributed by atoms with Gasteiger partial charge in [0.25, 0.3) is 5.91 Å². The first-order valence-corrected chi connectivity index (χ1v) is 7.05. The summed E-state index contributed by atoms with van der Waals surface area (Å²) >= 11 is 1.17. The Labute approximate surface area is 129 Å². The largest absolute Gasteiger partial charge is 0.417 e. The predicted molar refractivity (Wildman–Crippen MR) is 77.9 cm³/mol. The van der Waals surface area contributed by atoms with E-state index in [2.05, 4.69) is 5.32 Å². The number of nitriles is 1. The Morgan fingerprint density at radius 1 is 1.27 bits per heavy atom. The fourth-order valence-electron chi connectivity index (χ4n) is 1.95. The van der Waals surface area contributed by atoms with Gasteiger partial charge in [-0.15, -0.1) is 11.3 Å². The normalized spacial score (nSPS) is 11.1. The molecular weight excluding hydrogens is 313 g/mol. The van der Waals surface area contributed by atoms with E-state index in [4.69, 9.17) is 5.26 Å². The lowest BCUT2D eigenvalue weighted by Gasteiger charge is -2.12. The maximum Gasteiger partial charge on any atom is 0.417 e. The molecule has 0 atom stereocenters. The number of rotatable bonds is 2. The summed E-state index contributed by atoms with van der Waals surface area (Å²) in [7, 11) is 0. The van der Waals surface area contributed by atoms with Gasteiger partial charge in [-0.25, -0.2) is 0 Å². The van der Waals surface area contributed by atoms with Crippen LogP contribution in [0.4, 0.5) is 18.2 Å². The molecule has 3 nitrogen and oxygen atoms in total. The minimum Gasteiger partial charge on any atom is -0.312 e. The number of carbonyl (C=O) groups is 1. The summed E-state index contributed by atoms with van der Waals surface area (Å²) in [6.45, 7) is 3.50. The molecule has 0 aliphatic heterocycles. The van der Waals surface area contributed by atoms with Gasteiger partial charge in [-0.2, -0.15) is 18.4 Å². The first-order chi connectivity index (χ1) is 10.3. The lowest BCUT2D eigenvalue weighted by Crippen LogP contribution is -2.18. The van der Waals surface area contributed by atoms with E-state index in [1.807, 2.05) is 6.07 Å². The molecule has 114 valence electrons. The minimum absolute atomic E-state index is 0.263. The quantitative estimate of drug-likeness (QED) is 0.884. The maximum atomic E-state index is 12.9. The van der Waals surface area contributed by atoms with Crippen LogP contribution >= 0.6 is 11.3 Å². The molecule has 2 aromatic rings. The first-order valence-electron chi connectivity index (χ1n) is 6.23. The molecule has 2 rings (SSSR count). The average molecular weight is 324 g/mol. The van der Waals surface area contributed by atoms with E-state index in [-0.39, 0.29) is 10.6 Å². The first kappa shape index (κ1) is 16.0. The lowest BCUT2D eigenvalue weighted by atomic mass is 10.1. The second kappa shape index (κ2) is 5.81. The molecule has 0 aliphatic carbocycles. The SMILES string of the molecule is Cc1sc(NC(=O)c2ccccc2C(F)(F)F)c(C#N)c1C. The monoisotopic (exact) mass is 324 g/mol. The predicted octanol–water partition coefficient (Wildman–Crippen LogP) is 4.51. The van der Waals surface area contributed by atoms with Crippen molar-refractivity contribution in [3.63, 3.8) is 0 Å². The van der Waals surface area contributed by atoms with E-state index in [1.54, 1.807) is 13.8 Å². The number of nitrogens with one attached hydrogen (secondary N) is 1. The van der Waals surface area contributed by atoms with Gasteiger partial charge in [0.2, 0.25) is 0 Å². The molecule has 0 saturated carbocycles. The van der Waals surface area contributed by atoms with Crippen LogP contribution in [-0.2, 0) is 6.18 Å². The summed E-state index contributed by atoms with van der Waals surface area (Å²) in [6.07, 6.45) is -4.62. The van der Waals surface area contributed by atoms with E-state index in [0.717, 1.165) is 17.0 Å². The smallest absolute Gasteiger partial charge is 0.312 e. The second-order valence-electron chi connectivity index (χ2n) is 4.60. The molecule has 0 bridgehead atoms. The molecule has 0 spiro atoms. The van der Waals surface area contributed by atoms with Gasteiger partial charge in [-0.3, -0.25) is 4.79 Å². The second-order valence-corrected chi connectivity index (χ2v) is 5.82. The van der Waals surface area contributed by atoms with E-state index in [9.17, 15) is 18.0 Å². The van der Waals surface area contributed by atoms with Crippen molar-refractivity contribution in [2.75, 3.05) is 5.32 Å². The summed E-state index contributed by atoms with van der Waals surface area (Å²) in [6, 6.07) is 6.50. The number of carbonyl (C=O) groups excluding carboxylic acids is 1. The third kappa shape index (κ3) is 2.97. The van der Waals surface area contributed by atoms with Gasteiger partial charge in [0.1, 0.15) is 11.1 Å². The van der Waals surface area contributed by atoms with E-state index in [0.29, 0.717) is 5.56 Å². The number of anilines is 1. The fourth-order valence-corrected chi connectivity index (χ4v) is 2.95. The van der Waals surface area contributed by atoms with Crippen LogP contribution in [0.15, 0.2) is 24.3 Å². The van der Waals surface area contributed by atoms with E-state index in [1.165, 1.54) is 23.5 Å². The zero-order chi connectivity index (χ0) is 16.5. The van der Waals surface area contributed by atoms with Crippen molar-refractivity contribution in [1.29, 1.82) is 5.26 Å². The zero-order valence-corrected chi connectivity index (χ0v) is 12.5. The number of thiophene rings is 1. The van der Waals surface area contributed by atoms with Crippen LogP contribution in [0.1, 0.15) is 31.9 Å². The van der Waals surface area contributed by atoms with Crippen molar-refractivity contribution in [2.24, 2.45) is 0 Å². The standard InChI is InChI=1S/C15H11F3N2OS/c1-8-9(2)22-14(11(8)7-19)20-13(21)10-5-3-4-6-12(10)15(16,17)18/h3-6H,1-2H3,(H,20,21). The zero-order valence-electron chi connectivity index (χ0n) is 11.7. The van der Waals surface area contributed by atoms with Crippen molar-refractivity contribution in [1.82, 2.24) is 0 Å². The summed E-state index contributed by atoms with van der Waals surface area (Å²) in [4.78, 5) is 13.0. The highest BCUT2D eigenvalue weighted by molar-refractivity contribution is 7.16. The van der Waals surface area contributed by atoms with Gasteiger partial charge in [-0.05, 0) is 31.5 Å². The number of amides is 1. The van der Waals surface area contributed by atoms with Gasteiger partial charge in [0.15, 0.2) is 0 Å². The molecule has 0 radical (unpaired) electrons. The van der Waals surface area contributed by atoms with Gasteiger partial charge in [-0.1, -0.05) is 12.1 Å². The Kier molecular flexibility index (Phi) is 4.24. The Bertz CT molecular complexity index is 772. The topological polar surface area (TPSA) is 52.9 Å². The van der Waals surface area contributed by atoms with Crippen molar-refractivity contribution in [3.05, 3.63) is 51.4 Å². The van der Waals surface area contributed by atoms with Gasteiger partial charge < -0.3 is 5.32 Å². The van der Waals surface area contributed by atoms with Gasteiger partial charge in [0, 0.05) is 4.88 Å². The van der Waals surface area contributed by atoms with E-state index >= 15 is 0 Å². The van der Waals surface area contributed by atoms with Crippen LogP contribution in [0.2, 0.25) is 0 Å². The molecule has 0 saturated heterocycles. The van der Waals surface area contributed by atoms with Crippen LogP contribution in [0.5, 0.6) is 0 Å². The Morgan fingerprint density at radius 3 is 2.50 bits per heavy atom. The number of hydrogen-bond donors (Lipinski definition) is 1. The molecule has 0 aliphatic rings. The van der Waals surface area contributed by atoms with Gasteiger partial charge >= 0.3 is 6.18 Å². The molecule has 1 N–H and O–H groups in total. The Balaban J connectivity index is 2.40. The molecule has 0 fully saturated rings. The van der Waals surface area contributed by atoms with E-state index < -0.39 is 23.2 Å². The third-order valence-electron chi connectivity index (χ3n) is 3.20. The Hall–Kier alpha value is -2.33. The summed E-state index contributed by atoms with van der Waals surface area (Å²) in [5, 5.41) is 11.8. The molecule has 7 heteroatoms. The van der Waals surface area contributed by atoms with Gasteiger partial charge in [0.05, 0.1) is 16.7 Å². The number of alkyl halides is 3. The Morgan fingerprint density at radius 2 is 1.91 bits per heavy atom. The van der Waals surface area contributed by atoms with Crippen molar-refractivity contribution in [3.8, 4) is 6.07 Å². The highest BCUT2D eigenvalue weighted by atomic mass is 32.1. The molecule has 0 unspecified atom stereocenters. The highest BCUT2D eigenvalue weighted by Gasteiger charge is 2.35. The molecule has 1 aromatic heterocycles. The molecule has 1 amide bonds. The van der Waals surface area contributed by atoms with Crippen molar-refractivity contribution >= 4 is 22.2 Å². The van der Waals surface area contributed by atoms with Crippen LogP contribution in [0, 0.1) is 25.2 Å². The molecule has 22 heavy (non-hydrogen) atoms. The maximum absolute atomic E-state index is 12.9. The number of hydrogen-bond acceptors (Lipinski definition) is 3. The number of nitrogens with zero attached hydrogens (tertiary/aromatic N) is 1. The fraction of sp³-hybridized carbons (Fsp3) is 0.200. The summed E-state index contributed by atoms with van der Waals surface area (Å²) in [5.74, 6) is -0.884. The van der Waals surface area contributed by atoms with Crippen LogP contribution in [-0.4, -0.2) is 5.91 Å². The lowest BCUT2D eigenvalue weighted by molar-refractivity contribution is -0.137. The number of halogens is 3. The molecular formula is C15H11F3N2OS. The minimum atomic E-state index is -4.62. The molecule has 1 aromatic carbocycles. The van der Waals surface area contributed by atoms with Crippen molar-refractivity contribution in [2.45, 2.75) is 20.0 Å². The number of benzene rings is 1. The number of aryl methyl sites for hydroxylation is 1. The van der Waals surface area contributed by atoms with Crippen molar-refractivity contribution < 1.29 is 18.0 Å². The summed E-state index contributed by atoms with van der Waals surface area (Å²) < 4.78 is 38.8.